The molecule has 148 valence electrons. The number of nitrogen functional groups attached to an aromatic ring is 1. The summed E-state index contributed by atoms with van der Waals surface area (Å²) in [5, 5.41) is 13.7. The molecule has 0 bridgehead atoms. The fourth-order valence-electron chi connectivity index (χ4n) is 2.65. The smallest absolute Gasteiger partial charge is 0.353 e. The van der Waals surface area contributed by atoms with Gasteiger partial charge in [0.05, 0.1) is 13.0 Å². The minimum atomic E-state index is -1.12. The molecule has 4 N–H and O–H groups in total. The van der Waals surface area contributed by atoms with Crippen molar-refractivity contribution in [1.82, 2.24) is 19.1 Å². The summed E-state index contributed by atoms with van der Waals surface area (Å²) in [5.74, 6) is 4.82. The topological polar surface area (TPSA) is 137 Å². The molecule has 0 radical (unpaired) electrons. The molecule has 11 heteroatoms. The molecule has 10 nitrogen and oxygen atoms in total. The van der Waals surface area contributed by atoms with Gasteiger partial charge in [-0.15, -0.1) is 0 Å². The maximum absolute atomic E-state index is 13.0. The van der Waals surface area contributed by atoms with E-state index in [2.05, 4.69) is 10.3 Å². The quantitative estimate of drug-likeness (QED) is 0.544. The summed E-state index contributed by atoms with van der Waals surface area (Å²) in [6, 6.07) is 7.55. The molecule has 0 aliphatic carbocycles. The Bertz CT molecular complexity index is 1090. The van der Waals surface area contributed by atoms with Gasteiger partial charge in [-0.05, 0) is 17.9 Å². The number of hydrogen-bond donors (Lipinski definition) is 3. The van der Waals surface area contributed by atoms with E-state index >= 15 is 0 Å². The van der Waals surface area contributed by atoms with Crippen LogP contribution >= 0.6 is 11.8 Å². The molecule has 3 rings (SSSR count). The summed E-state index contributed by atoms with van der Waals surface area (Å²) in [6.45, 7) is 1.80. The van der Waals surface area contributed by atoms with Crippen LogP contribution in [-0.4, -0.2) is 30.4 Å². The number of aryl methyl sites for hydroxylation is 1. The highest BCUT2D eigenvalue weighted by molar-refractivity contribution is 8.02. The monoisotopic (exact) mass is 404 g/mol. The van der Waals surface area contributed by atoms with Crippen molar-refractivity contribution in [2.45, 2.75) is 31.9 Å². The Kier molecular flexibility index (Phi) is 5.73. The van der Waals surface area contributed by atoms with E-state index in [1.54, 1.807) is 11.6 Å². The van der Waals surface area contributed by atoms with Crippen molar-refractivity contribution in [1.29, 1.82) is 0 Å². The van der Waals surface area contributed by atoms with Crippen LogP contribution in [0, 0.1) is 6.92 Å². The molecular weight excluding hydrogens is 384 g/mol. The van der Waals surface area contributed by atoms with Crippen LogP contribution in [0.25, 0.3) is 0 Å². The number of carboxylic acids is 1. The van der Waals surface area contributed by atoms with Gasteiger partial charge in [-0.1, -0.05) is 41.6 Å². The Morgan fingerprint density at radius 3 is 2.57 bits per heavy atom. The number of nitrogens with one attached hydrogen (secondary N) is 1. The van der Waals surface area contributed by atoms with Gasteiger partial charge in [0.15, 0.2) is 5.50 Å². The fraction of sp³-hybridized carbons (Fsp3) is 0.294. The second-order valence-electron chi connectivity index (χ2n) is 6.19. The van der Waals surface area contributed by atoms with Gasteiger partial charge in [0.2, 0.25) is 5.62 Å². The average molecular weight is 404 g/mol. The van der Waals surface area contributed by atoms with Gasteiger partial charge in [0, 0.05) is 12.7 Å². The number of thioether (sulfide) groups is 1. The van der Waals surface area contributed by atoms with E-state index in [9.17, 15) is 14.4 Å². The van der Waals surface area contributed by atoms with E-state index in [0.29, 0.717) is 0 Å². The third-order valence-corrected chi connectivity index (χ3v) is 4.91. The molecule has 0 amide bonds. The number of hydrogen-bond acceptors (Lipinski definition) is 7. The van der Waals surface area contributed by atoms with Crippen LogP contribution in [-0.2, 0) is 17.9 Å². The Labute approximate surface area is 163 Å². The normalized spacial score (nSPS) is 16.3. The van der Waals surface area contributed by atoms with Gasteiger partial charge in [0.1, 0.15) is 0 Å². The highest BCUT2D eigenvalue weighted by Crippen LogP contribution is 2.15. The number of aliphatic carboxylic acids is 1. The van der Waals surface area contributed by atoms with Crippen molar-refractivity contribution in [3.63, 3.8) is 0 Å². The summed E-state index contributed by atoms with van der Waals surface area (Å²) in [6.07, 6.45) is 1.33. The van der Waals surface area contributed by atoms with E-state index < -0.39 is 22.8 Å². The molecule has 0 spiro atoms. The van der Waals surface area contributed by atoms with E-state index in [-0.39, 0.29) is 25.1 Å². The van der Waals surface area contributed by atoms with Crippen molar-refractivity contribution in [3.05, 3.63) is 73.6 Å². The number of rotatable bonds is 6. The van der Waals surface area contributed by atoms with Crippen LogP contribution in [0.5, 0.6) is 0 Å². The first-order valence-corrected chi connectivity index (χ1v) is 9.40. The van der Waals surface area contributed by atoms with E-state index in [1.807, 2.05) is 31.2 Å². The zero-order valence-electron chi connectivity index (χ0n) is 15.1. The summed E-state index contributed by atoms with van der Waals surface area (Å²) in [5.41, 5.74) is -0.0235. The molecule has 1 atom stereocenters. The lowest BCUT2D eigenvalue weighted by Crippen LogP contribution is -2.58. The first kappa shape index (κ1) is 19.5. The number of benzene rings is 1. The predicted octanol–water partition coefficient (Wildman–Crippen LogP) is -0.651. The van der Waals surface area contributed by atoms with Gasteiger partial charge in [-0.25, -0.2) is 19.1 Å². The van der Waals surface area contributed by atoms with Crippen molar-refractivity contribution in [2.75, 3.05) is 5.84 Å². The van der Waals surface area contributed by atoms with Crippen LogP contribution in [0.1, 0.15) is 17.5 Å². The molecule has 1 aliphatic rings. The van der Waals surface area contributed by atoms with Gasteiger partial charge in [-0.2, -0.15) is 4.68 Å². The van der Waals surface area contributed by atoms with Gasteiger partial charge in [0.25, 0.3) is 0 Å². The molecule has 1 aromatic carbocycles. The predicted molar refractivity (Wildman–Crippen MR) is 105 cm³/mol. The number of carboxylic acid groups (broad SMARTS) is 1. The third-order valence-electron chi connectivity index (χ3n) is 4.11. The van der Waals surface area contributed by atoms with Gasteiger partial charge in [-0.3, -0.25) is 9.36 Å². The summed E-state index contributed by atoms with van der Waals surface area (Å²) >= 11 is 1.36. The molecule has 28 heavy (non-hydrogen) atoms. The molecule has 0 saturated carbocycles. The Morgan fingerprint density at radius 2 is 1.96 bits per heavy atom. The first-order chi connectivity index (χ1) is 13.4. The first-order valence-electron chi connectivity index (χ1n) is 8.46. The third kappa shape index (κ3) is 4.19. The zero-order chi connectivity index (χ0) is 20.3. The fourth-order valence-corrected chi connectivity index (χ4v) is 3.27. The van der Waals surface area contributed by atoms with Crippen molar-refractivity contribution in [3.8, 4) is 0 Å². The summed E-state index contributed by atoms with van der Waals surface area (Å²) in [7, 11) is 0. The van der Waals surface area contributed by atoms with E-state index in [1.165, 1.54) is 16.3 Å². The van der Waals surface area contributed by atoms with Crippen molar-refractivity contribution < 1.29 is 9.90 Å². The van der Waals surface area contributed by atoms with Crippen molar-refractivity contribution in [2.24, 2.45) is 4.99 Å². The number of nitrogens with zero attached hydrogens (tertiary/aromatic N) is 4. The standard InChI is InChI=1S/C17H20N6O4S/c1-11-2-4-12(5-3-11)10-22-15(20-14-19-7-9-28-14)23(18)17(27)21(16(22)26)8-6-13(24)25/h2-5,7,9,14,19H,6,8,10,18H2,1H3,(H,24,25)/b20-15-. The molecular formula is C17H20N6O4S. The lowest BCUT2D eigenvalue weighted by molar-refractivity contribution is -0.137. The van der Waals surface area contributed by atoms with E-state index in [0.717, 1.165) is 20.4 Å². The highest BCUT2D eigenvalue weighted by atomic mass is 32.2. The van der Waals surface area contributed by atoms with Crippen LogP contribution in [0.4, 0.5) is 0 Å². The number of nitrogens with two attached hydrogens (primary N) is 1. The Morgan fingerprint density at radius 1 is 1.25 bits per heavy atom. The second kappa shape index (κ2) is 8.21. The molecule has 0 fully saturated rings. The van der Waals surface area contributed by atoms with Crippen LogP contribution in [0.3, 0.4) is 0 Å². The van der Waals surface area contributed by atoms with Gasteiger partial charge < -0.3 is 16.3 Å². The molecule has 2 aromatic rings. The average Bonchev–Trinajstić information content (AvgIpc) is 3.17. The molecule has 1 aromatic heterocycles. The second-order valence-corrected chi connectivity index (χ2v) is 7.18. The maximum atomic E-state index is 13.0. The molecule has 0 saturated heterocycles. The summed E-state index contributed by atoms with van der Waals surface area (Å²) in [4.78, 5) is 40.8. The molecule has 1 aliphatic heterocycles. The minimum Gasteiger partial charge on any atom is -0.481 e. The largest absolute Gasteiger partial charge is 0.481 e. The number of carbonyl (C=O) groups is 1. The maximum Gasteiger partial charge on any atom is 0.353 e. The zero-order valence-corrected chi connectivity index (χ0v) is 15.9. The lowest BCUT2D eigenvalue weighted by Gasteiger charge is -2.15. The van der Waals surface area contributed by atoms with Crippen LogP contribution in [0.2, 0.25) is 0 Å². The Balaban J connectivity index is 2.16. The van der Waals surface area contributed by atoms with Gasteiger partial charge >= 0.3 is 17.3 Å². The highest BCUT2D eigenvalue weighted by Gasteiger charge is 2.16. The minimum absolute atomic E-state index is 0.00384. The SMILES string of the molecule is Cc1ccc(Cn2c(=O)n(CCC(=O)O)c(=O)n(N)/c2=N\C2NC=CS2)cc1. The molecule has 1 unspecified atom stereocenters. The lowest BCUT2D eigenvalue weighted by atomic mass is 10.1. The molecule has 2 heterocycles. The van der Waals surface area contributed by atoms with Crippen LogP contribution < -0.4 is 28.2 Å². The number of aromatic nitrogens is 3. The Hall–Kier alpha value is -3.21. The van der Waals surface area contributed by atoms with Crippen LogP contribution in [0.15, 0.2) is 50.5 Å². The van der Waals surface area contributed by atoms with E-state index in [4.69, 9.17) is 10.9 Å². The summed E-state index contributed by atoms with van der Waals surface area (Å²) < 4.78 is 2.86. The van der Waals surface area contributed by atoms with Crippen molar-refractivity contribution >= 4 is 17.7 Å².